The van der Waals surface area contributed by atoms with Gasteiger partial charge in [-0.05, 0) is 30.1 Å². The molecule has 1 atom stereocenters. The molecule has 0 aliphatic carbocycles. The van der Waals surface area contributed by atoms with Crippen molar-refractivity contribution >= 4 is 34.4 Å². The summed E-state index contributed by atoms with van der Waals surface area (Å²) >= 11 is 1.78. The third kappa shape index (κ3) is 3.86. The van der Waals surface area contributed by atoms with E-state index in [-0.39, 0.29) is 5.91 Å². The molecule has 21 heavy (non-hydrogen) atoms. The van der Waals surface area contributed by atoms with Gasteiger partial charge in [-0.3, -0.25) is 4.79 Å². The van der Waals surface area contributed by atoms with Gasteiger partial charge in [0.2, 0.25) is 0 Å². The molecule has 1 aromatic heterocycles. The molecule has 1 amide bonds. The van der Waals surface area contributed by atoms with Gasteiger partial charge in [0.25, 0.3) is 5.91 Å². The molecule has 0 spiro atoms. The van der Waals surface area contributed by atoms with Crippen molar-refractivity contribution < 1.29 is 4.79 Å². The van der Waals surface area contributed by atoms with Gasteiger partial charge >= 0.3 is 0 Å². The molecule has 1 unspecified atom stereocenters. The van der Waals surface area contributed by atoms with Gasteiger partial charge in [0.15, 0.2) is 0 Å². The average molecular weight is 304 g/mol. The normalized spacial score (nSPS) is 12.1. The highest BCUT2D eigenvalue weighted by molar-refractivity contribution is 7.98. The van der Waals surface area contributed by atoms with Gasteiger partial charge in [-0.25, -0.2) is 10.8 Å². The number of nitrogens with two attached hydrogens (primary N) is 1. The number of rotatable bonds is 6. The minimum Gasteiger partial charge on any atom is -0.352 e. The first-order valence-electron chi connectivity index (χ1n) is 6.79. The smallest absolute Gasteiger partial charge is 0.252 e. The fourth-order valence-electron chi connectivity index (χ4n) is 2.14. The van der Waals surface area contributed by atoms with E-state index in [1.54, 1.807) is 17.8 Å². The molecular formula is C15H20N4OS. The molecule has 0 fully saturated rings. The van der Waals surface area contributed by atoms with Crippen LogP contribution < -0.4 is 16.6 Å². The maximum absolute atomic E-state index is 12.4. The zero-order valence-corrected chi connectivity index (χ0v) is 13.0. The molecule has 2 aromatic rings. The van der Waals surface area contributed by atoms with Crippen LogP contribution in [0.3, 0.4) is 0 Å². The summed E-state index contributed by atoms with van der Waals surface area (Å²) in [7, 11) is 0. The van der Waals surface area contributed by atoms with E-state index in [1.165, 1.54) is 0 Å². The van der Waals surface area contributed by atoms with Crippen LogP contribution in [0, 0.1) is 5.92 Å². The summed E-state index contributed by atoms with van der Waals surface area (Å²) in [6.45, 7) is 2.77. The number of aromatic nitrogens is 1. The predicted octanol–water partition coefficient (Wildman–Crippen LogP) is 2.25. The SMILES string of the molecule is CSCC(C)CNC(=O)c1cc(NN)nc2ccccc12. The second-order valence-corrected chi connectivity index (χ2v) is 5.90. The fraction of sp³-hybridized carbons (Fsp3) is 0.333. The van der Waals surface area contributed by atoms with Gasteiger partial charge in [-0.2, -0.15) is 11.8 Å². The topological polar surface area (TPSA) is 80.0 Å². The molecule has 4 N–H and O–H groups in total. The Kier molecular flexibility index (Phi) is 5.41. The quantitative estimate of drug-likeness (QED) is 0.563. The first-order valence-corrected chi connectivity index (χ1v) is 8.18. The lowest BCUT2D eigenvalue weighted by Gasteiger charge is -2.13. The number of thioether (sulfide) groups is 1. The van der Waals surface area contributed by atoms with Crippen LogP contribution in [0.2, 0.25) is 0 Å². The Bertz CT molecular complexity index is 632. The molecule has 112 valence electrons. The van der Waals surface area contributed by atoms with Gasteiger partial charge in [0.05, 0.1) is 11.1 Å². The number of hydrazine groups is 1. The Hall–Kier alpha value is -1.79. The van der Waals surface area contributed by atoms with Gasteiger partial charge in [-0.15, -0.1) is 0 Å². The molecule has 5 nitrogen and oxygen atoms in total. The molecule has 0 saturated heterocycles. The number of hydrogen-bond acceptors (Lipinski definition) is 5. The monoisotopic (exact) mass is 304 g/mol. The van der Waals surface area contributed by atoms with E-state index in [2.05, 4.69) is 28.9 Å². The number of anilines is 1. The summed E-state index contributed by atoms with van der Waals surface area (Å²) in [6.07, 6.45) is 2.06. The highest BCUT2D eigenvalue weighted by atomic mass is 32.2. The summed E-state index contributed by atoms with van der Waals surface area (Å²) in [5.41, 5.74) is 3.84. The number of amides is 1. The predicted molar refractivity (Wildman–Crippen MR) is 89.4 cm³/mol. The van der Waals surface area contributed by atoms with Crippen molar-refractivity contribution in [1.29, 1.82) is 0 Å². The highest BCUT2D eigenvalue weighted by Gasteiger charge is 2.13. The summed E-state index contributed by atoms with van der Waals surface area (Å²) in [5, 5.41) is 3.80. The van der Waals surface area contributed by atoms with Crippen LogP contribution in [0.15, 0.2) is 30.3 Å². The first-order chi connectivity index (χ1) is 10.2. The van der Waals surface area contributed by atoms with Gasteiger partial charge in [0.1, 0.15) is 5.82 Å². The molecule has 0 aliphatic rings. The van der Waals surface area contributed by atoms with E-state index in [1.807, 2.05) is 24.3 Å². The number of carbonyl (C=O) groups excluding carboxylic acids is 1. The Morgan fingerprint density at radius 3 is 2.90 bits per heavy atom. The zero-order valence-electron chi connectivity index (χ0n) is 12.2. The molecule has 0 aliphatic heterocycles. The summed E-state index contributed by atoms with van der Waals surface area (Å²) < 4.78 is 0. The van der Waals surface area contributed by atoms with Crippen molar-refractivity contribution in [3.05, 3.63) is 35.9 Å². The van der Waals surface area contributed by atoms with Crippen molar-refractivity contribution in [2.75, 3.05) is 24.0 Å². The summed E-state index contributed by atoms with van der Waals surface area (Å²) in [5.74, 6) is 7.26. The average Bonchev–Trinajstić information content (AvgIpc) is 2.51. The lowest BCUT2D eigenvalue weighted by molar-refractivity contribution is 0.0951. The Balaban J connectivity index is 2.25. The third-order valence-corrected chi connectivity index (χ3v) is 4.07. The van der Waals surface area contributed by atoms with Crippen molar-refractivity contribution in [2.24, 2.45) is 11.8 Å². The Labute approximate surface area is 128 Å². The molecule has 1 heterocycles. The minimum absolute atomic E-state index is 0.0990. The number of nitrogens with zero attached hydrogens (tertiary/aromatic N) is 1. The van der Waals surface area contributed by atoms with Crippen molar-refractivity contribution in [3.63, 3.8) is 0 Å². The second kappa shape index (κ2) is 7.28. The third-order valence-electron chi connectivity index (χ3n) is 3.17. The van der Waals surface area contributed by atoms with Crippen molar-refractivity contribution in [3.8, 4) is 0 Å². The molecule has 0 bridgehead atoms. The number of fused-ring (bicyclic) bond motifs is 1. The van der Waals surface area contributed by atoms with E-state index in [0.717, 1.165) is 16.7 Å². The van der Waals surface area contributed by atoms with Crippen molar-refractivity contribution in [2.45, 2.75) is 6.92 Å². The maximum atomic E-state index is 12.4. The van der Waals surface area contributed by atoms with Crippen molar-refractivity contribution in [1.82, 2.24) is 10.3 Å². The van der Waals surface area contributed by atoms with E-state index in [0.29, 0.717) is 23.8 Å². The van der Waals surface area contributed by atoms with E-state index < -0.39 is 0 Å². The lowest BCUT2D eigenvalue weighted by atomic mass is 10.1. The van der Waals surface area contributed by atoms with E-state index >= 15 is 0 Å². The number of nitrogen functional groups attached to an aromatic ring is 1. The molecule has 6 heteroatoms. The molecule has 0 radical (unpaired) electrons. The van der Waals surface area contributed by atoms with Crippen LogP contribution in [0.25, 0.3) is 10.9 Å². The number of nitrogens with one attached hydrogen (secondary N) is 2. The largest absolute Gasteiger partial charge is 0.352 e. The van der Waals surface area contributed by atoms with Crippen LogP contribution >= 0.6 is 11.8 Å². The molecule has 2 rings (SSSR count). The molecule has 0 saturated carbocycles. The number of benzene rings is 1. The van der Waals surface area contributed by atoms with Crippen LogP contribution in [0.1, 0.15) is 17.3 Å². The van der Waals surface area contributed by atoms with E-state index in [9.17, 15) is 4.79 Å². The van der Waals surface area contributed by atoms with Gasteiger partial charge < -0.3 is 10.7 Å². The van der Waals surface area contributed by atoms with Crippen LogP contribution in [0.4, 0.5) is 5.82 Å². The Morgan fingerprint density at radius 1 is 1.43 bits per heavy atom. The molecular weight excluding hydrogens is 284 g/mol. The molecule has 1 aromatic carbocycles. The zero-order chi connectivity index (χ0) is 15.2. The minimum atomic E-state index is -0.0990. The summed E-state index contributed by atoms with van der Waals surface area (Å²) in [6, 6.07) is 9.22. The number of carbonyl (C=O) groups is 1. The second-order valence-electron chi connectivity index (χ2n) is 4.99. The highest BCUT2D eigenvalue weighted by Crippen LogP contribution is 2.20. The Morgan fingerprint density at radius 2 is 2.19 bits per heavy atom. The summed E-state index contributed by atoms with van der Waals surface area (Å²) in [4.78, 5) is 16.8. The van der Waals surface area contributed by atoms with E-state index in [4.69, 9.17) is 5.84 Å². The van der Waals surface area contributed by atoms with Gasteiger partial charge in [-0.1, -0.05) is 25.1 Å². The van der Waals surface area contributed by atoms with Gasteiger partial charge in [0, 0.05) is 11.9 Å². The standard InChI is InChI=1S/C15H20N4OS/c1-10(9-21-2)8-17-15(20)12-7-14(19-16)18-13-6-4-3-5-11(12)13/h3-7,10H,8-9,16H2,1-2H3,(H,17,20)(H,18,19). The number of para-hydroxylation sites is 1. The fourth-order valence-corrected chi connectivity index (χ4v) is 2.83. The first kappa shape index (κ1) is 15.6. The number of hydrogen-bond donors (Lipinski definition) is 3. The van der Waals surface area contributed by atoms with Crippen LogP contribution in [-0.2, 0) is 0 Å². The lowest BCUT2D eigenvalue weighted by Crippen LogP contribution is -2.29. The maximum Gasteiger partial charge on any atom is 0.252 e. The number of pyridine rings is 1. The van der Waals surface area contributed by atoms with Crippen LogP contribution in [-0.4, -0.2) is 29.4 Å². The van der Waals surface area contributed by atoms with Crippen LogP contribution in [0.5, 0.6) is 0 Å².